The first kappa shape index (κ1) is 14.7. The van der Waals surface area contributed by atoms with E-state index in [-0.39, 0.29) is 12.0 Å². The molecular weight excluding hydrogens is 270 g/mol. The van der Waals surface area contributed by atoms with Gasteiger partial charge in [-0.2, -0.15) is 0 Å². The number of thioether (sulfide) groups is 1. The van der Waals surface area contributed by atoms with E-state index in [4.69, 9.17) is 10.5 Å². The zero-order valence-electron chi connectivity index (χ0n) is 12.5. The Morgan fingerprint density at radius 1 is 1.25 bits per heavy atom. The van der Waals surface area contributed by atoms with Crippen molar-refractivity contribution < 1.29 is 9.53 Å². The molecule has 3 nitrogen and oxygen atoms in total. The first-order valence-corrected chi connectivity index (χ1v) is 9.25. The summed E-state index contributed by atoms with van der Waals surface area (Å²) >= 11 is 1.66. The molecule has 0 aromatic rings. The molecule has 4 heteroatoms. The largest absolute Gasteiger partial charge is 0.465 e. The van der Waals surface area contributed by atoms with Gasteiger partial charge in [0.1, 0.15) is 0 Å². The van der Waals surface area contributed by atoms with Gasteiger partial charge in [-0.05, 0) is 68.6 Å². The summed E-state index contributed by atoms with van der Waals surface area (Å²) in [5.74, 6) is 4.10. The topological polar surface area (TPSA) is 52.3 Å². The summed E-state index contributed by atoms with van der Waals surface area (Å²) in [5.41, 5.74) is 6.96. The number of rotatable bonds is 6. The lowest BCUT2D eigenvalue weighted by atomic mass is 9.48. The van der Waals surface area contributed by atoms with E-state index in [1.165, 1.54) is 38.5 Å². The molecule has 4 rings (SSSR count). The van der Waals surface area contributed by atoms with Crippen LogP contribution in [0.2, 0.25) is 0 Å². The maximum absolute atomic E-state index is 11.4. The fourth-order valence-electron chi connectivity index (χ4n) is 5.28. The van der Waals surface area contributed by atoms with E-state index in [1.54, 1.807) is 11.8 Å². The Morgan fingerprint density at radius 3 is 2.30 bits per heavy atom. The molecule has 0 spiro atoms. The van der Waals surface area contributed by atoms with Crippen LogP contribution < -0.4 is 5.73 Å². The van der Waals surface area contributed by atoms with E-state index in [2.05, 4.69) is 0 Å². The zero-order chi connectivity index (χ0) is 14.2. The molecule has 4 saturated carbocycles. The second kappa shape index (κ2) is 5.88. The van der Waals surface area contributed by atoms with Crippen LogP contribution in [0.1, 0.15) is 45.4 Å². The number of carbonyl (C=O) groups is 1. The molecule has 0 amide bonds. The number of hydrogen-bond donors (Lipinski definition) is 1. The molecule has 20 heavy (non-hydrogen) atoms. The standard InChI is InChI=1S/C16H27NO2S/c1-2-19-15(18)10-20-9-14(17)16-6-11-3-12(7-16)5-13(4-11)8-16/h11-14H,2-10,17H2,1H3. The van der Waals surface area contributed by atoms with Gasteiger partial charge in [0.05, 0.1) is 12.4 Å². The lowest BCUT2D eigenvalue weighted by molar-refractivity contribution is -0.139. The fraction of sp³-hybridized carbons (Fsp3) is 0.938. The fourth-order valence-corrected chi connectivity index (χ4v) is 6.26. The third kappa shape index (κ3) is 2.87. The molecule has 1 unspecified atom stereocenters. The molecule has 0 heterocycles. The monoisotopic (exact) mass is 297 g/mol. The molecule has 0 saturated heterocycles. The van der Waals surface area contributed by atoms with Crippen molar-refractivity contribution in [2.24, 2.45) is 28.9 Å². The number of carbonyl (C=O) groups excluding carboxylic acids is 1. The van der Waals surface area contributed by atoms with Crippen molar-refractivity contribution >= 4 is 17.7 Å². The number of hydrogen-bond acceptors (Lipinski definition) is 4. The normalized spacial score (nSPS) is 39.8. The predicted octanol–water partition coefficient (Wildman–Crippen LogP) is 2.83. The average Bonchev–Trinajstić information content (AvgIpc) is 2.37. The van der Waals surface area contributed by atoms with Crippen molar-refractivity contribution in [2.45, 2.75) is 51.5 Å². The quantitative estimate of drug-likeness (QED) is 0.766. The van der Waals surface area contributed by atoms with E-state index >= 15 is 0 Å². The summed E-state index contributed by atoms with van der Waals surface area (Å²) in [6.45, 7) is 2.32. The van der Waals surface area contributed by atoms with Crippen molar-refractivity contribution in [2.75, 3.05) is 18.1 Å². The second-order valence-corrected chi connectivity index (χ2v) is 8.24. The summed E-state index contributed by atoms with van der Waals surface area (Å²) < 4.78 is 4.97. The zero-order valence-corrected chi connectivity index (χ0v) is 13.3. The van der Waals surface area contributed by atoms with Crippen molar-refractivity contribution in [3.05, 3.63) is 0 Å². The van der Waals surface area contributed by atoms with E-state index in [0.717, 1.165) is 23.5 Å². The lowest BCUT2D eigenvalue weighted by Crippen LogP contribution is -2.55. The van der Waals surface area contributed by atoms with Crippen LogP contribution >= 0.6 is 11.8 Å². The highest BCUT2D eigenvalue weighted by molar-refractivity contribution is 7.99. The molecule has 4 aliphatic carbocycles. The van der Waals surface area contributed by atoms with E-state index < -0.39 is 0 Å². The lowest BCUT2D eigenvalue weighted by Gasteiger charge is -2.59. The van der Waals surface area contributed by atoms with Gasteiger partial charge in [0.2, 0.25) is 0 Å². The van der Waals surface area contributed by atoms with Crippen LogP contribution in [0.15, 0.2) is 0 Å². The van der Waals surface area contributed by atoms with Crippen molar-refractivity contribution in [1.29, 1.82) is 0 Å². The minimum atomic E-state index is -0.102. The molecule has 0 aliphatic heterocycles. The maximum Gasteiger partial charge on any atom is 0.315 e. The van der Waals surface area contributed by atoms with Crippen LogP contribution in [0.25, 0.3) is 0 Å². The Hall–Kier alpha value is -0.220. The molecule has 114 valence electrons. The smallest absolute Gasteiger partial charge is 0.315 e. The number of ether oxygens (including phenoxy) is 1. The maximum atomic E-state index is 11.4. The summed E-state index contributed by atoms with van der Waals surface area (Å²) in [6.07, 6.45) is 8.42. The van der Waals surface area contributed by atoms with Gasteiger partial charge in [0.15, 0.2) is 0 Å². The minimum absolute atomic E-state index is 0.102. The molecule has 0 aromatic heterocycles. The first-order chi connectivity index (χ1) is 9.61. The Labute approximate surface area is 126 Å². The third-order valence-corrected chi connectivity index (χ3v) is 6.73. The van der Waals surface area contributed by atoms with Crippen LogP contribution in [-0.2, 0) is 9.53 Å². The van der Waals surface area contributed by atoms with Crippen molar-refractivity contribution in [3.8, 4) is 0 Å². The molecule has 4 fully saturated rings. The van der Waals surface area contributed by atoms with Crippen molar-refractivity contribution in [1.82, 2.24) is 0 Å². The predicted molar refractivity (Wildman–Crippen MR) is 82.5 cm³/mol. The van der Waals surface area contributed by atoms with Crippen LogP contribution in [-0.4, -0.2) is 30.1 Å². The SMILES string of the molecule is CCOC(=O)CSCC(N)C12CC3CC(CC(C3)C1)C2. The van der Waals surface area contributed by atoms with Crippen molar-refractivity contribution in [3.63, 3.8) is 0 Å². The van der Waals surface area contributed by atoms with Gasteiger partial charge in [-0.1, -0.05) is 0 Å². The Kier molecular flexibility index (Phi) is 4.32. The van der Waals surface area contributed by atoms with E-state index in [1.807, 2.05) is 6.92 Å². The highest BCUT2D eigenvalue weighted by atomic mass is 32.2. The molecule has 2 N–H and O–H groups in total. The van der Waals surface area contributed by atoms with Gasteiger partial charge in [0.25, 0.3) is 0 Å². The third-order valence-electron chi connectivity index (χ3n) is 5.69. The molecule has 0 radical (unpaired) electrons. The minimum Gasteiger partial charge on any atom is -0.465 e. The molecule has 4 aliphatic rings. The molecule has 4 bridgehead atoms. The van der Waals surface area contributed by atoms with E-state index in [9.17, 15) is 4.79 Å². The van der Waals surface area contributed by atoms with Gasteiger partial charge in [-0.25, -0.2) is 0 Å². The first-order valence-electron chi connectivity index (χ1n) is 8.10. The Bertz CT molecular complexity index is 336. The van der Waals surface area contributed by atoms with Crippen LogP contribution in [0.5, 0.6) is 0 Å². The summed E-state index contributed by atoms with van der Waals surface area (Å²) in [6, 6.07) is 0.260. The summed E-state index contributed by atoms with van der Waals surface area (Å²) in [5, 5.41) is 0. The second-order valence-electron chi connectivity index (χ2n) is 7.21. The molecular formula is C16H27NO2S. The van der Waals surface area contributed by atoms with Gasteiger partial charge in [-0.15, -0.1) is 11.8 Å². The highest BCUT2D eigenvalue weighted by Gasteiger charge is 2.53. The van der Waals surface area contributed by atoms with Crippen LogP contribution in [0, 0.1) is 23.2 Å². The van der Waals surface area contributed by atoms with Gasteiger partial charge >= 0.3 is 5.97 Å². The van der Waals surface area contributed by atoms with Gasteiger partial charge in [-0.3, -0.25) is 4.79 Å². The van der Waals surface area contributed by atoms with Crippen LogP contribution in [0.4, 0.5) is 0 Å². The van der Waals surface area contributed by atoms with Gasteiger partial charge < -0.3 is 10.5 Å². The molecule has 1 atom stereocenters. The highest BCUT2D eigenvalue weighted by Crippen LogP contribution is 2.61. The molecule has 0 aromatic carbocycles. The van der Waals surface area contributed by atoms with Gasteiger partial charge in [0, 0.05) is 11.8 Å². The number of esters is 1. The Morgan fingerprint density at radius 2 is 1.80 bits per heavy atom. The van der Waals surface area contributed by atoms with E-state index in [0.29, 0.717) is 17.8 Å². The van der Waals surface area contributed by atoms with Crippen LogP contribution in [0.3, 0.4) is 0 Å². The average molecular weight is 297 g/mol. The Balaban J connectivity index is 1.52. The number of nitrogens with two attached hydrogens (primary N) is 1. The summed E-state index contributed by atoms with van der Waals surface area (Å²) in [4.78, 5) is 11.4. The summed E-state index contributed by atoms with van der Waals surface area (Å²) in [7, 11) is 0.